The lowest BCUT2D eigenvalue weighted by atomic mass is 9.73. The van der Waals surface area contributed by atoms with Crippen LogP contribution in [0.5, 0.6) is 0 Å². The summed E-state index contributed by atoms with van der Waals surface area (Å²) in [6, 6.07) is 0. The molecular weight excluding hydrogens is 376 g/mol. The third kappa shape index (κ3) is 4.10. The third-order valence-corrected chi connectivity index (χ3v) is 7.72. The quantitative estimate of drug-likeness (QED) is 0.775. The molecule has 1 unspecified atom stereocenters. The maximum Gasteiger partial charge on any atom is 0.265 e. The lowest BCUT2D eigenvalue weighted by Crippen LogP contribution is -2.53. The lowest BCUT2D eigenvalue weighted by molar-refractivity contribution is 0.0112. The maximum absolute atomic E-state index is 13.1. The van der Waals surface area contributed by atoms with Gasteiger partial charge in [-0.05, 0) is 53.0 Å². The minimum absolute atomic E-state index is 0.185. The largest absolute Gasteiger partial charge is 0.337 e. The summed E-state index contributed by atoms with van der Waals surface area (Å²) in [4.78, 5) is 27.7. The average Bonchev–Trinajstić information content (AvgIpc) is 3.19. The minimum Gasteiger partial charge on any atom is -0.337 e. The van der Waals surface area contributed by atoms with Gasteiger partial charge in [0.1, 0.15) is 4.88 Å². The SMILES string of the molecule is Cc1nc(CN2CCCC3(CCCN(C(=O)c4sc(C)nc4C)C3)C2)cs1. The van der Waals surface area contributed by atoms with Crippen LogP contribution in [0, 0.1) is 26.2 Å². The molecule has 2 aromatic rings. The van der Waals surface area contributed by atoms with E-state index in [4.69, 9.17) is 0 Å². The van der Waals surface area contributed by atoms with Crippen LogP contribution in [0.4, 0.5) is 0 Å². The lowest BCUT2D eigenvalue weighted by Gasteiger charge is -2.48. The Morgan fingerprint density at radius 2 is 1.89 bits per heavy atom. The summed E-state index contributed by atoms with van der Waals surface area (Å²) in [5, 5.41) is 4.30. The molecule has 7 heteroatoms. The molecule has 4 heterocycles. The van der Waals surface area contributed by atoms with E-state index in [0.29, 0.717) is 0 Å². The smallest absolute Gasteiger partial charge is 0.265 e. The zero-order valence-electron chi connectivity index (χ0n) is 16.5. The van der Waals surface area contributed by atoms with Crippen molar-refractivity contribution in [2.75, 3.05) is 26.2 Å². The summed E-state index contributed by atoms with van der Waals surface area (Å²) in [5.74, 6) is 0.185. The number of amides is 1. The number of carbonyl (C=O) groups is 1. The molecule has 0 radical (unpaired) electrons. The molecule has 27 heavy (non-hydrogen) atoms. The highest BCUT2D eigenvalue weighted by Gasteiger charge is 2.41. The fraction of sp³-hybridized carbons (Fsp3) is 0.650. The van der Waals surface area contributed by atoms with Crippen molar-refractivity contribution in [1.29, 1.82) is 0 Å². The Bertz CT molecular complexity index is 826. The molecule has 1 atom stereocenters. The number of hydrogen-bond acceptors (Lipinski definition) is 6. The molecule has 0 N–H and O–H groups in total. The van der Waals surface area contributed by atoms with Crippen molar-refractivity contribution in [3.05, 3.63) is 31.7 Å². The Balaban J connectivity index is 1.46. The second-order valence-corrected chi connectivity index (χ2v) is 10.4. The van der Waals surface area contributed by atoms with E-state index in [1.165, 1.54) is 36.3 Å². The van der Waals surface area contributed by atoms with Gasteiger partial charge in [-0.15, -0.1) is 22.7 Å². The second kappa shape index (κ2) is 7.60. The molecule has 0 aromatic carbocycles. The van der Waals surface area contributed by atoms with Gasteiger partial charge in [0.15, 0.2) is 0 Å². The first-order valence-corrected chi connectivity index (χ1v) is 11.5. The van der Waals surface area contributed by atoms with Gasteiger partial charge in [-0.3, -0.25) is 9.69 Å². The highest BCUT2D eigenvalue weighted by atomic mass is 32.1. The molecule has 2 aliphatic rings. The molecule has 0 bridgehead atoms. The van der Waals surface area contributed by atoms with E-state index in [1.807, 2.05) is 13.8 Å². The van der Waals surface area contributed by atoms with E-state index in [1.54, 1.807) is 11.3 Å². The van der Waals surface area contributed by atoms with Gasteiger partial charge in [-0.1, -0.05) is 0 Å². The first-order chi connectivity index (χ1) is 12.9. The molecule has 2 aromatic heterocycles. The van der Waals surface area contributed by atoms with Crippen molar-refractivity contribution in [1.82, 2.24) is 19.8 Å². The molecular formula is C20H28N4OS2. The van der Waals surface area contributed by atoms with Gasteiger partial charge in [0.2, 0.25) is 0 Å². The predicted octanol–water partition coefficient (Wildman–Crippen LogP) is 4.04. The number of aromatic nitrogens is 2. The fourth-order valence-corrected chi connectivity index (χ4v) is 6.23. The molecule has 146 valence electrons. The molecule has 0 saturated carbocycles. The van der Waals surface area contributed by atoms with Crippen molar-refractivity contribution >= 4 is 28.6 Å². The molecule has 0 aliphatic carbocycles. The molecule has 2 fully saturated rings. The van der Waals surface area contributed by atoms with E-state index in [9.17, 15) is 4.79 Å². The van der Waals surface area contributed by atoms with Crippen LogP contribution in [0.2, 0.25) is 0 Å². The number of piperidine rings is 2. The van der Waals surface area contributed by atoms with Gasteiger partial charge in [-0.25, -0.2) is 9.97 Å². The van der Waals surface area contributed by atoms with Gasteiger partial charge in [0.25, 0.3) is 5.91 Å². The van der Waals surface area contributed by atoms with Crippen LogP contribution in [0.3, 0.4) is 0 Å². The molecule has 2 saturated heterocycles. The predicted molar refractivity (Wildman–Crippen MR) is 111 cm³/mol. The average molecular weight is 405 g/mol. The highest BCUT2D eigenvalue weighted by Crippen LogP contribution is 2.39. The Morgan fingerprint density at radius 3 is 2.56 bits per heavy atom. The van der Waals surface area contributed by atoms with E-state index in [2.05, 4.69) is 32.1 Å². The number of aryl methyl sites for hydroxylation is 3. The Labute approximate surface area is 169 Å². The van der Waals surface area contributed by atoms with Gasteiger partial charge in [0, 0.05) is 37.0 Å². The van der Waals surface area contributed by atoms with Crippen molar-refractivity contribution in [3.8, 4) is 0 Å². The fourth-order valence-electron chi connectivity index (χ4n) is 4.74. The first kappa shape index (κ1) is 19.0. The van der Waals surface area contributed by atoms with E-state index in [-0.39, 0.29) is 11.3 Å². The number of hydrogen-bond donors (Lipinski definition) is 0. The summed E-state index contributed by atoms with van der Waals surface area (Å²) in [6.07, 6.45) is 4.77. The standard InChI is InChI=1S/C20H28N4OS2/c1-14-18(27-16(3)21-14)19(25)24-9-5-7-20(13-24)6-4-8-23(12-20)10-17-11-26-15(2)22-17/h11H,4-10,12-13H2,1-3H3. The van der Waals surface area contributed by atoms with Gasteiger partial charge < -0.3 is 4.90 Å². The van der Waals surface area contributed by atoms with E-state index in [0.717, 1.165) is 59.7 Å². The van der Waals surface area contributed by atoms with Crippen molar-refractivity contribution < 1.29 is 4.79 Å². The summed E-state index contributed by atoms with van der Waals surface area (Å²) in [5.41, 5.74) is 2.31. The Hall–Kier alpha value is -1.31. The third-order valence-electron chi connectivity index (χ3n) is 5.84. The monoisotopic (exact) mass is 404 g/mol. The number of rotatable bonds is 3. The van der Waals surface area contributed by atoms with Gasteiger partial charge >= 0.3 is 0 Å². The summed E-state index contributed by atoms with van der Waals surface area (Å²) in [6.45, 7) is 10.9. The number of carbonyl (C=O) groups excluding carboxylic acids is 1. The molecule has 2 aliphatic heterocycles. The summed E-state index contributed by atoms with van der Waals surface area (Å²) in [7, 11) is 0. The van der Waals surface area contributed by atoms with Crippen LogP contribution in [0.25, 0.3) is 0 Å². The van der Waals surface area contributed by atoms with Crippen molar-refractivity contribution in [3.63, 3.8) is 0 Å². The van der Waals surface area contributed by atoms with E-state index >= 15 is 0 Å². The second-order valence-electron chi connectivity index (χ2n) is 8.15. The number of nitrogens with zero attached hydrogens (tertiary/aromatic N) is 4. The summed E-state index contributed by atoms with van der Waals surface area (Å²) >= 11 is 3.27. The topological polar surface area (TPSA) is 49.3 Å². The minimum atomic E-state index is 0.185. The first-order valence-electron chi connectivity index (χ1n) is 9.81. The molecule has 5 nitrogen and oxygen atoms in total. The zero-order valence-corrected chi connectivity index (χ0v) is 18.1. The highest BCUT2D eigenvalue weighted by molar-refractivity contribution is 7.13. The summed E-state index contributed by atoms with van der Waals surface area (Å²) < 4.78 is 0. The molecule has 1 spiro atoms. The Kier molecular flexibility index (Phi) is 5.36. The molecule has 1 amide bonds. The van der Waals surface area contributed by atoms with Crippen LogP contribution in [-0.4, -0.2) is 51.9 Å². The van der Waals surface area contributed by atoms with Crippen LogP contribution in [0.1, 0.15) is 56.8 Å². The zero-order chi connectivity index (χ0) is 19.0. The maximum atomic E-state index is 13.1. The Morgan fingerprint density at radius 1 is 1.11 bits per heavy atom. The normalized spacial score (nSPS) is 23.9. The van der Waals surface area contributed by atoms with Crippen molar-refractivity contribution in [2.24, 2.45) is 5.41 Å². The van der Waals surface area contributed by atoms with Crippen LogP contribution in [-0.2, 0) is 6.54 Å². The molecule has 4 rings (SSSR count). The van der Waals surface area contributed by atoms with Crippen LogP contribution >= 0.6 is 22.7 Å². The van der Waals surface area contributed by atoms with Crippen molar-refractivity contribution in [2.45, 2.75) is 53.0 Å². The van der Waals surface area contributed by atoms with Crippen LogP contribution < -0.4 is 0 Å². The van der Waals surface area contributed by atoms with Crippen LogP contribution in [0.15, 0.2) is 5.38 Å². The van der Waals surface area contributed by atoms with Gasteiger partial charge in [-0.2, -0.15) is 0 Å². The number of thiazole rings is 2. The number of likely N-dealkylation sites (tertiary alicyclic amines) is 2. The van der Waals surface area contributed by atoms with Gasteiger partial charge in [0.05, 0.1) is 21.4 Å². The van der Waals surface area contributed by atoms with E-state index < -0.39 is 0 Å².